The van der Waals surface area contributed by atoms with Gasteiger partial charge >= 0.3 is 6.01 Å². The fourth-order valence-corrected chi connectivity index (χ4v) is 7.06. The molecule has 1 saturated carbocycles. The predicted octanol–water partition coefficient (Wildman–Crippen LogP) is 5.20. The number of anilines is 1. The van der Waals surface area contributed by atoms with Gasteiger partial charge in [0.1, 0.15) is 17.0 Å². The summed E-state index contributed by atoms with van der Waals surface area (Å²) in [6, 6.07) is 2.44. The lowest BCUT2D eigenvalue weighted by Crippen LogP contribution is -2.49. The van der Waals surface area contributed by atoms with Crippen LogP contribution in [0.1, 0.15) is 44.1 Å². The van der Waals surface area contributed by atoms with E-state index in [0.29, 0.717) is 54.2 Å². The molecule has 40 heavy (non-hydrogen) atoms. The highest BCUT2D eigenvalue weighted by Crippen LogP contribution is 2.45. The Morgan fingerprint density at radius 2 is 2.05 bits per heavy atom. The van der Waals surface area contributed by atoms with Gasteiger partial charge in [-0.3, -0.25) is 10.1 Å². The number of halogens is 2. The largest absolute Gasteiger partial charge is 0.463 e. The minimum atomic E-state index is -0.527. The highest BCUT2D eigenvalue weighted by molar-refractivity contribution is 6.32. The second-order valence-corrected chi connectivity index (χ2v) is 11.7. The second-order valence-electron chi connectivity index (χ2n) is 11.3. The van der Waals surface area contributed by atoms with Crippen molar-refractivity contribution < 1.29 is 13.9 Å². The quantitative estimate of drug-likeness (QED) is 0.341. The van der Waals surface area contributed by atoms with E-state index in [0.717, 1.165) is 61.7 Å². The van der Waals surface area contributed by atoms with Gasteiger partial charge < -0.3 is 19.7 Å². The highest BCUT2D eigenvalue weighted by atomic mass is 35.5. The van der Waals surface area contributed by atoms with Crippen LogP contribution in [0.25, 0.3) is 33.1 Å². The van der Waals surface area contributed by atoms with Gasteiger partial charge in [0, 0.05) is 53.3 Å². The number of fused-ring (bicyclic) bond motifs is 3. The van der Waals surface area contributed by atoms with Crippen LogP contribution in [0, 0.1) is 18.2 Å². The fraction of sp³-hybridized carbons (Fsp3) is 0.517. The molecule has 11 heteroatoms. The van der Waals surface area contributed by atoms with E-state index in [1.165, 1.54) is 6.42 Å². The number of rotatable bonds is 5. The number of hydrogen-bond donors (Lipinski definition) is 2. The number of piperidine rings is 1. The molecule has 9 nitrogen and oxygen atoms in total. The van der Waals surface area contributed by atoms with Crippen LogP contribution in [-0.4, -0.2) is 70.6 Å². The summed E-state index contributed by atoms with van der Waals surface area (Å²) < 4.78 is 28.6. The van der Waals surface area contributed by atoms with Crippen LogP contribution in [0.4, 0.5) is 10.2 Å². The number of hydrogen-bond acceptors (Lipinski definition) is 8. The van der Waals surface area contributed by atoms with Gasteiger partial charge in [-0.1, -0.05) is 18.0 Å². The summed E-state index contributed by atoms with van der Waals surface area (Å²) in [7, 11) is 0. The maximum Gasteiger partial charge on any atom is 0.319 e. The predicted molar refractivity (Wildman–Crippen MR) is 153 cm³/mol. The Morgan fingerprint density at radius 3 is 2.98 bits per heavy atom. The van der Waals surface area contributed by atoms with E-state index in [2.05, 4.69) is 30.4 Å². The van der Waals surface area contributed by atoms with Crippen molar-refractivity contribution in [2.45, 2.75) is 51.5 Å². The Balaban J connectivity index is 1.35. The van der Waals surface area contributed by atoms with Crippen molar-refractivity contribution in [1.29, 1.82) is 0 Å². The van der Waals surface area contributed by atoms with Crippen molar-refractivity contribution in [1.82, 2.24) is 30.5 Å². The third-order valence-corrected chi connectivity index (χ3v) is 9.37. The van der Waals surface area contributed by atoms with Gasteiger partial charge in [0.15, 0.2) is 5.82 Å². The minimum absolute atomic E-state index is 0.0694. The summed E-state index contributed by atoms with van der Waals surface area (Å²) in [5.74, 6) is 0.100. The molecule has 1 aliphatic carbocycles. The topological polar surface area (TPSA) is 101 Å². The molecule has 3 aliphatic rings. The van der Waals surface area contributed by atoms with Crippen LogP contribution >= 0.6 is 11.6 Å². The molecule has 2 N–H and O–H groups in total. The maximum absolute atomic E-state index is 16.6. The normalized spacial score (nSPS) is 23.5. The lowest BCUT2D eigenvalue weighted by Gasteiger charge is -2.39. The Morgan fingerprint density at radius 1 is 1.15 bits per heavy atom. The molecule has 5 heterocycles. The van der Waals surface area contributed by atoms with E-state index in [9.17, 15) is 0 Å². The lowest BCUT2D eigenvalue weighted by molar-refractivity contribution is 0.0798. The Kier molecular flexibility index (Phi) is 6.72. The summed E-state index contributed by atoms with van der Waals surface area (Å²) in [5, 5.41) is 12.6. The van der Waals surface area contributed by atoms with Crippen molar-refractivity contribution in [3.63, 3.8) is 0 Å². The zero-order valence-corrected chi connectivity index (χ0v) is 23.4. The van der Waals surface area contributed by atoms with Crippen LogP contribution < -0.4 is 15.0 Å². The number of ether oxygens (including phenoxy) is 2. The fourth-order valence-electron chi connectivity index (χ4n) is 6.85. The number of nitrogens with zero attached hydrogens (tertiary/aromatic N) is 5. The second kappa shape index (κ2) is 10.4. The number of H-pyrrole nitrogens is 1. The van der Waals surface area contributed by atoms with Gasteiger partial charge in [-0.2, -0.15) is 15.1 Å². The molecular weight excluding hydrogens is 533 g/mol. The molecule has 2 unspecified atom stereocenters. The van der Waals surface area contributed by atoms with Crippen LogP contribution in [0.15, 0.2) is 18.5 Å². The summed E-state index contributed by atoms with van der Waals surface area (Å²) in [6.07, 6.45) is 9.90. The Labute approximate surface area is 236 Å². The molecule has 0 bridgehead atoms. The number of aromatic amines is 1. The zero-order valence-electron chi connectivity index (χ0n) is 22.6. The molecule has 3 fully saturated rings. The van der Waals surface area contributed by atoms with Crippen molar-refractivity contribution in [3.05, 3.63) is 34.9 Å². The van der Waals surface area contributed by atoms with E-state index in [-0.39, 0.29) is 22.6 Å². The standard InChI is InChI=1S/C29H33ClFN7O2/c1-17-20(30)13-21-18(15-34-37-21)23(17)26-24(31)25-19(14-33-26)27(38-9-4-11-39-12-10-38)36-28(35-25)40-16-29-6-2-5-22(29)32-8-3-7-29/h13-15,22,32H,2-12,16H2,1H3,(H,34,37). The average molecular weight is 566 g/mol. The number of pyridine rings is 1. The van der Waals surface area contributed by atoms with E-state index in [4.69, 9.17) is 26.1 Å². The molecule has 210 valence electrons. The van der Waals surface area contributed by atoms with Crippen molar-refractivity contribution in [2.24, 2.45) is 5.41 Å². The summed E-state index contributed by atoms with van der Waals surface area (Å²) in [6.45, 7) is 6.08. The van der Waals surface area contributed by atoms with Gasteiger partial charge in [0.2, 0.25) is 0 Å². The molecule has 2 saturated heterocycles. The third-order valence-electron chi connectivity index (χ3n) is 8.98. The Hall–Kier alpha value is -3.08. The molecule has 0 radical (unpaired) electrons. The lowest BCUT2D eigenvalue weighted by atomic mass is 9.76. The van der Waals surface area contributed by atoms with Gasteiger partial charge in [-0.25, -0.2) is 4.39 Å². The van der Waals surface area contributed by atoms with Gasteiger partial charge in [0.05, 0.1) is 30.3 Å². The zero-order chi connectivity index (χ0) is 27.3. The highest BCUT2D eigenvalue weighted by Gasteiger charge is 2.45. The first-order valence-electron chi connectivity index (χ1n) is 14.2. The van der Waals surface area contributed by atoms with E-state index in [1.54, 1.807) is 18.5 Å². The molecule has 1 aromatic carbocycles. The molecule has 0 spiro atoms. The molecule has 7 rings (SSSR count). The SMILES string of the molecule is Cc1c(Cl)cc2[nH]ncc2c1-c1ncc2c(N3CCCOCC3)nc(OCC34CCCNC3CCC4)nc2c1F. The monoisotopic (exact) mass is 565 g/mol. The molecule has 0 amide bonds. The van der Waals surface area contributed by atoms with E-state index >= 15 is 4.39 Å². The van der Waals surface area contributed by atoms with Crippen LogP contribution in [-0.2, 0) is 4.74 Å². The van der Waals surface area contributed by atoms with Crippen LogP contribution in [0.2, 0.25) is 5.02 Å². The average Bonchev–Trinajstić information content (AvgIpc) is 3.52. The maximum atomic E-state index is 16.6. The van der Waals surface area contributed by atoms with Crippen LogP contribution in [0.3, 0.4) is 0 Å². The summed E-state index contributed by atoms with van der Waals surface area (Å²) in [4.78, 5) is 16.3. The minimum Gasteiger partial charge on any atom is -0.463 e. The third kappa shape index (κ3) is 4.37. The molecule has 3 aromatic heterocycles. The first-order valence-corrected chi connectivity index (χ1v) is 14.6. The van der Waals surface area contributed by atoms with Gasteiger partial charge in [-0.05, 0) is 57.2 Å². The summed E-state index contributed by atoms with van der Waals surface area (Å²) >= 11 is 6.53. The van der Waals surface area contributed by atoms with Crippen molar-refractivity contribution in [2.75, 3.05) is 44.4 Å². The smallest absolute Gasteiger partial charge is 0.319 e. The Bertz CT molecular complexity index is 1570. The molecule has 2 atom stereocenters. The molecule has 2 aliphatic heterocycles. The first kappa shape index (κ1) is 25.9. The van der Waals surface area contributed by atoms with Crippen molar-refractivity contribution >= 4 is 39.2 Å². The van der Waals surface area contributed by atoms with Crippen LogP contribution in [0.5, 0.6) is 6.01 Å². The van der Waals surface area contributed by atoms with Gasteiger partial charge in [0.25, 0.3) is 0 Å². The van der Waals surface area contributed by atoms with Crippen molar-refractivity contribution in [3.8, 4) is 17.3 Å². The first-order chi connectivity index (χ1) is 19.5. The van der Waals surface area contributed by atoms with Gasteiger partial charge in [-0.15, -0.1) is 0 Å². The number of benzene rings is 1. The summed E-state index contributed by atoms with van der Waals surface area (Å²) in [5.41, 5.74) is 2.48. The number of aromatic nitrogens is 5. The molecular formula is C29H33ClFN7O2. The number of nitrogens with one attached hydrogen (secondary N) is 2. The van der Waals surface area contributed by atoms with E-state index in [1.807, 2.05) is 6.92 Å². The van der Waals surface area contributed by atoms with E-state index < -0.39 is 5.82 Å². The molecule has 4 aromatic rings.